The Hall–Kier alpha value is -2.03. The van der Waals surface area contributed by atoms with Gasteiger partial charge in [-0.1, -0.05) is 24.6 Å². The number of aryl methyl sites for hydroxylation is 1. The van der Waals surface area contributed by atoms with Crippen molar-refractivity contribution in [1.29, 1.82) is 0 Å². The van der Waals surface area contributed by atoms with E-state index in [1.807, 2.05) is 25.1 Å². The van der Waals surface area contributed by atoms with E-state index in [-0.39, 0.29) is 30.6 Å². The monoisotopic (exact) mass is 488 g/mol. The lowest BCUT2D eigenvalue weighted by Crippen LogP contribution is -2.16. The fourth-order valence-corrected chi connectivity index (χ4v) is 4.28. The van der Waals surface area contributed by atoms with E-state index >= 15 is 0 Å². The van der Waals surface area contributed by atoms with Gasteiger partial charge in [-0.2, -0.15) is 13.2 Å². The van der Waals surface area contributed by atoms with Crippen molar-refractivity contribution >= 4 is 45.1 Å². The van der Waals surface area contributed by atoms with E-state index < -0.39 is 11.7 Å². The van der Waals surface area contributed by atoms with Crippen LogP contribution in [0.15, 0.2) is 29.8 Å². The Morgan fingerprint density at radius 1 is 1.22 bits per heavy atom. The second-order valence-electron chi connectivity index (χ2n) is 7.67. The average Bonchev–Trinajstić information content (AvgIpc) is 3.12. The maximum Gasteiger partial charge on any atom is 0.417 e. The molecule has 1 heterocycles. The molecule has 0 aliphatic heterocycles. The summed E-state index contributed by atoms with van der Waals surface area (Å²) in [5.74, 6) is -0.485. The highest BCUT2D eigenvalue weighted by molar-refractivity contribution is 7.16. The first-order chi connectivity index (χ1) is 15.0. The van der Waals surface area contributed by atoms with Crippen LogP contribution in [0.25, 0.3) is 5.57 Å². The highest BCUT2D eigenvalue weighted by Crippen LogP contribution is 2.44. The fraction of sp³-hybridized carbons (Fsp3) is 0.435. The van der Waals surface area contributed by atoms with Gasteiger partial charge in [0.1, 0.15) is 5.88 Å². The van der Waals surface area contributed by atoms with Crippen LogP contribution in [0, 0.1) is 6.92 Å². The molecule has 2 aromatic rings. The molecule has 1 aromatic carbocycles. The van der Waals surface area contributed by atoms with Crippen molar-refractivity contribution in [3.05, 3.63) is 51.4 Å². The Bertz CT molecular complexity index is 984. The lowest BCUT2D eigenvalue weighted by atomic mass is 10.00. The van der Waals surface area contributed by atoms with Crippen molar-refractivity contribution in [3.63, 3.8) is 0 Å². The third kappa shape index (κ3) is 6.73. The molecule has 0 aliphatic rings. The summed E-state index contributed by atoms with van der Waals surface area (Å²) in [4.78, 5) is 14.1. The Morgan fingerprint density at radius 2 is 1.91 bits per heavy atom. The molecule has 0 radical (unpaired) electrons. The number of rotatable bonds is 9. The number of alkyl halides is 4. The van der Waals surface area contributed by atoms with Crippen molar-refractivity contribution in [3.8, 4) is 0 Å². The zero-order valence-electron chi connectivity index (χ0n) is 18.8. The van der Waals surface area contributed by atoms with Crippen molar-refractivity contribution in [1.82, 2.24) is 0 Å². The Kier molecular flexibility index (Phi) is 9.18. The van der Waals surface area contributed by atoms with Crippen LogP contribution < -0.4 is 10.2 Å². The summed E-state index contributed by atoms with van der Waals surface area (Å²) in [5.41, 5.74) is 2.22. The molecule has 0 saturated heterocycles. The number of carbonyl (C=O) groups excluding carboxylic acids is 1. The molecule has 1 aromatic heterocycles. The van der Waals surface area contributed by atoms with Crippen molar-refractivity contribution in [2.45, 2.75) is 46.6 Å². The van der Waals surface area contributed by atoms with Crippen LogP contribution in [0.5, 0.6) is 0 Å². The van der Waals surface area contributed by atoms with Crippen LogP contribution in [0.2, 0.25) is 0 Å². The first kappa shape index (κ1) is 26.2. The minimum Gasteiger partial charge on any atom is -0.371 e. The molecule has 4 nitrogen and oxygen atoms in total. The van der Waals surface area contributed by atoms with Gasteiger partial charge in [0.2, 0.25) is 5.91 Å². The number of nitrogens with one attached hydrogen (secondary N) is 1. The van der Waals surface area contributed by atoms with Crippen LogP contribution in [0.3, 0.4) is 0 Å². The van der Waals surface area contributed by atoms with Gasteiger partial charge in [0.15, 0.2) is 0 Å². The quantitative estimate of drug-likeness (QED) is 0.396. The standard InChI is InChI=1S/C23H28ClF3N2O2S/c1-6-15(3)21(23(25,26)27)18-10-17(32-22(18)29(4)5)13-31-12-16-8-7-14(2)9-19(16)28-20(30)11-24/h7-10H,6,11-13H2,1-5H3,(H,28,30)/b21-15-. The predicted octanol–water partition coefficient (Wildman–Crippen LogP) is 6.76. The molecule has 0 atom stereocenters. The van der Waals surface area contributed by atoms with Crippen LogP contribution >= 0.6 is 22.9 Å². The lowest BCUT2D eigenvalue weighted by Gasteiger charge is -2.19. The van der Waals surface area contributed by atoms with Gasteiger partial charge < -0.3 is 15.0 Å². The normalized spacial score (nSPS) is 12.5. The van der Waals surface area contributed by atoms with Gasteiger partial charge in [-0.15, -0.1) is 22.9 Å². The molecule has 1 amide bonds. The zero-order valence-corrected chi connectivity index (χ0v) is 20.4. The van der Waals surface area contributed by atoms with Gasteiger partial charge in [0, 0.05) is 35.8 Å². The SMILES string of the molecule is CC/C(C)=C(/c1cc(COCc2ccc(C)cc2NC(=O)CCl)sc1N(C)C)C(F)(F)F. The van der Waals surface area contributed by atoms with E-state index in [1.54, 1.807) is 32.0 Å². The number of allylic oxidation sites excluding steroid dienone is 2. The molecule has 0 spiro atoms. The lowest BCUT2D eigenvalue weighted by molar-refractivity contribution is -0.113. The molecule has 0 aliphatic carbocycles. The molecule has 0 saturated carbocycles. The molecule has 0 bridgehead atoms. The number of thiophene rings is 1. The number of hydrogen-bond donors (Lipinski definition) is 1. The van der Waals surface area contributed by atoms with Gasteiger partial charge in [0.25, 0.3) is 0 Å². The number of hydrogen-bond acceptors (Lipinski definition) is 4. The molecule has 32 heavy (non-hydrogen) atoms. The largest absolute Gasteiger partial charge is 0.417 e. The van der Waals surface area contributed by atoms with Gasteiger partial charge in [-0.05, 0) is 38.0 Å². The minimum atomic E-state index is -4.44. The van der Waals surface area contributed by atoms with E-state index in [4.69, 9.17) is 16.3 Å². The summed E-state index contributed by atoms with van der Waals surface area (Å²) in [6.07, 6.45) is -4.13. The van der Waals surface area contributed by atoms with Gasteiger partial charge >= 0.3 is 6.18 Å². The number of ether oxygens (including phenoxy) is 1. The molecule has 0 unspecified atom stereocenters. The Balaban J connectivity index is 2.26. The summed E-state index contributed by atoms with van der Waals surface area (Å²) in [6, 6.07) is 7.13. The van der Waals surface area contributed by atoms with E-state index in [0.29, 0.717) is 27.6 Å². The number of amides is 1. The zero-order chi connectivity index (χ0) is 24.1. The molecular formula is C23H28ClF3N2O2S. The van der Waals surface area contributed by atoms with Crippen LogP contribution in [0.1, 0.15) is 41.8 Å². The summed E-state index contributed by atoms with van der Waals surface area (Å²) in [7, 11) is 3.46. The van der Waals surface area contributed by atoms with Crippen LogP contribution in [0.4, 0.5) is 23.9 Å². The predicted molar refractivity (Wildman–Crippen MR) is 127 cm³/mol. The van der Waals surface area contributed by atoms with E-state index in [0.717, 1.165) is 11.1 Å². The summed E-state index contributed by atoms with van der Waals surface area (Å²) in [6.45, 7) is 5.48. The number of nitrogens with zero attached hydrogens (tertiary/aromatic N) is 1. The average molecular weight is 489 g/mol. The Morgan fingerprint density at radius 3 is 2.47 bits per heavy atom. The van der Waals surface area contributed by atoms with Crippen molar-refractivity contribution in [2.75, 3.05) is 30.2 Å². The molecule has 1 N–H and O–H groups in total. The highest BCUT2D eigenvalue weighted by atomic mass is 35.5. The fourth-order valence-electron chi connectivity index (χ4n) is 3.19. The highest BCUT2D eigenvalue weighted by Gasteiger charge is 2.38. The van der Waals surface area contributed by atoms with E-state index in [1.165, 1.54) is 18.3 Å². The first-order valence-corrected chi connectivity index (χ1v) is 11.4. The maximum atomic E-state index is 13.8. The molecule has 0 fully saturated rings. The summed E-state index contributed by atoms with van der Waals surface area (Å²) in [5, 5.41) is 3.28. The molecular weight excluding hydrogens is 461 g/mol. The minimum absolute atomic E-state index is 0.151. The van der Waals surface area contributed by atoms with Gasteiger partial charge in [-0.25, -0.2) is 0 Å². The summed E-state index contributed by atoms with van der Waals surface area (Å²) >= 11 is 6.86. The van der Waals surface area contributed by atoms with Gasteiger partial charge in [-0.3, -0.25) is 4.79 Å². The number of halogens is 4. The number of carbonyl (C=O) groups is 1. The smallest absolute Gasteiger partial charge is 0.371 e. The number of anilines is 2. The topological polar surface area (TPSA) is 41.6 Å². The molecule has 9 heteroatoms. The maximum absolute atomic E-state index is 13.8. The van der Waals surface area contributed by atoms with E-state index in [9.17, 15) is 18.0 Å². The molecule has 2 rings (SSSR count). The third-order valence-electron chi connectivity index (χ3n) is 4.84. The van der Waals surface area contributed by atoms with Gasteiger partial charge in [0.05, 0.1) is 23.8 Å². The van der Waals surface area contributed by atoms with Crippen LogP contribution in [-0.4, -0.2) is 32.1 Å². The third-order valence-corrected chi connectivity index (χ3v) is 6.36. The Labute approximate surface area is 196 Å². The van der Waals surface area contributed by atoms with Crippen molar-refractivity contribution in [2.24, 2.45) is 0 Å². The first-order valence-electron chi connectivity index (χ1n) is 10.1. The van der Waals surface area contributed by atoms with E-state index in [2.05, 4.69) is 5.32 Å². The van der Waals surface area contributed by atoms with Crippen LogP contribution in [-0.2, 0) is 22.7 Å². The number of benzene rings is 1. The summed E-state index contributed by atoms with van der Waals surface area (Å²) < 4.78 is 47.3. The molecule has 176 valence electrons. The van der Waals surface area contributed by atoms with Crippen molar-refractivity contribution < 1.29 is 22.7 Å². The second-order valence-corrected chi connectivity index (χ2v) is 9.05. The second kappa shape index (κ2) is 11.2.